The monoisotopic (exact) mass is 427 g/mol. The van der Waals surface area contributed by atoms with Gasteiger partial charge in [-0.1, -0.05) is 40.2 Å². The molecule has 0 spiro atoms. The summed E-state index contributed by atoms with van der Waals surface area (Å²) in [7, 11) is 0. The number of nitrogens with zero attached hydrogens (tertiary/aromatic N) is 1. The van der Waals surface area contributed by atoms with Crippen LogP contribution < -0.4 is 16.2 Å². The van der Waals surface area contributed by atoms with Gasteiger partial charge < -0.3 is 10.3 Å². The summed E-state index contributed by atoms with van der Waals surface area (Å²) in [5.41, 5.74) is 9.52. The van der Waals surface area contributed by atoms with Crippen molar-refractivity contribution in [2.75, 3.05) is 6.54 Å². The van der Waals surface area contributed by atoms with Gasteiger partial charge in [0, 0.05) is 23.5 Å². The average Bonchev–Trinajstić information content (AvgIpc) is 3.32. The fraction of sp³-hybridized carbons (Fsp3) is 0.300. The van der Waals surface area contributed by atoms with Crippen LogP contribution in [0.5, 0.6) is 0 Å². The first kappa shape index (κ1) is 18.2. The van der Waals surface area contributed by atoms with E-state index in [1.54, 1.807) is 0 Å². The van der Waals surface area contributed by atoms with Crippen LogP contribution >= 0.6 is 15.9 Å². The van der Waals surface area contributed by atoms with Crippen molar-refractivity contribution in [3.05, 3.63) is 64.4 Å². The van der Waals surface area contributed by atoms with Gasteiger partial charge in [-0.25, -0.2) is 15.8 Å². The van der Waals surface area contributed by atoms with Gasteiger partial charge in [-0.15, -0.1) is 0 Å². The predicted octanol–water partition coefficient (Wildman–Crippen LogP) is 2.98. The van der Waals surface area contributed by atoms with E-state index in [1.807, 2.05) is 36.4 Å². The minimum Gasteiger partial charge on any atom is -0.355 e. The molecule has 0 saturated carbocycles. The number of amides is 1. The number of hydrogen-bond acceptors (Lipinski definition) is 4. The van der Waals surface area contributed by atoms with E-state index in [0.29, 0.717) is 6.54 Å². The van der Waals surface area contributed by atoms with Gasteiger partial charge in [-0.3, -0.25) is 4.79 Å². The van der Waals surface area contributed by atoms with Crippen LogP contribution in [0, 0.1) is 0 Å². The number of carbonyl (C=O) groups is 1. The zero-order chi connectivity index (χ0) is 18.6. The van der Waals surface area contributed by atoms with E-state index < -0.39 is 0 Å². The van der Waals surface area contributed by atoms with Crippen LogP contribution in [-0.2, 0) is 11.2 Å². The molecular formula is C20H22BrN5O. The Hall–Kier alpha value is -2.22. The fourth-order valence-corrected chi connectivity index (χ4v) is 3.62. The van der Waals surface area contributed by atoms with Crippen LogP contribution in [0.25, 0.3) is 11.0 Å². The quantitative estimate of drug-likeness (QED) is 0.455. The number of hydrogen-bond donors (Lipinski definition) is 4. The van der Waals surface area contributed by atoms with Gasteiger partial charge in [0.15, 0.2) is 0 Å². The van der Waals surface area contributed by atoms with Gasteiger partial charge in [0.2, 0.25) is 5.91 Å². The van der Waals surface area contributed by atoms with Gasteiger partial charge in [0.05, 0.1) is 11.0 Å². The maximum absolute atomic E-state index is 12.4. The van der Waals surface area contributed by atoms with Crippen molar-refractivity contribution < 1.29 is 4.79 Å². The van der Waals surface area contributed by atoms with Crippen molar-refractivity contribution in [1.82, 2.24) is 26.1 Å². The zero-order valence-corrected chi connectivity index (χ0v) is 16.4. The zero-order valence-electron chi connectivity index (χ0n) is 14.8. The van der Waals surface area contributed by atoms with Crippen LogP contribution in [0.4, 0.5) is 0 Å². The molecule has 140 valence electrons. The number of aromatic amines is 1. The first-order valence-electron chi connectivity index (χ1n) is 9.17. The second-order valence-corrected chi connectivity index (χ2v) is 7.69. The van der Waals surface area contributed by atoms with Crippen molar-refractivity contribution in [1.29, 1.82) is 0 Å². The summed E-state index contributed by atoms with van der Waals surface area (Å²) in [5, 5.41) is 3.02. The Morgan fingerprint density at radius 2 is 1.96 bits per heavy atom. The Morgan fingerprint density at radius 3 is 2.78 bits per heavy atom. The molecule has 1 aromatic heterocycles. The number of hydrazine groups is 1. The Balaban J connectivity index is 1.22. The number of H-pyrrole nitrogens is 1. The molecule has 1 saturated heterocycles. The maximum atomic E-state index is 12.4. The third-order valence-electron chi connectivity index (χ3n) is 4.82. The molecule has 7 heteroatoms. The average molecular weight is 428 g/mol. The molecule has 2 atom stereocenters. The molecule has 1 amide bonds. The molecule has 4 rings (SSSR count). The minimum atomic E-state index is -0.218. The SMILES string of the molecule is O=C(NCCCc1nc2ccccc2[nH]1)C1CC(c2ccc(Br)cc2)NN1. The number of carbonyl (C=O) groups excluding carboxylic acids is 1. The van der Waals surface area contributed by atoms with Crippen molar-refractivity contribution in [2.45, 2.75) is 31.3 Å². The number of imidazole rings is 1. The molecule has 1 aliphatic rings. The molecule has 4 N–H and O–H groups in total. The summed E-state index contributed by atoms with van der Waals surface area (Å²) < 4.78 is 1.05. The molecule has 0 radical (unpaired) electrons. The second-order valence-electron chi connectivity index (χ2n) is 6.78. The number of aromatic nitrogens is 2. The number of nitrogens with one attached hydrogen (secondary N) is 4. The van der Waals surface area contributed by atoms with E-state index in [2.05, 4.69) is 54.2 Å². The molecule has 2 aromatic carbocycles. The lowest BCUT2D eigenvalue weighted by Gasteiger charge is -2.10. The Bertz CT molecular complexity index is 891. The lowest BCUT2D eigenvalue weighted by Crippen LogP contribution is -2.43. The smallest absolute Gasteiger partial charge is 0.238 e. The minimum absolute atomic E-state index is 0.0340. The summed E-state index contributed by atoms with van der Waals surface area (Å²) >= 11 is 3.44. The second kappa shape index (κ2) is 8.21. The molecule has 0 aliphatic carbocycles. The largest absolute Gasteiger partial charge is 0.355 e. The third kappa shape index (κ3) is 4.37. The van der Waals surface area contributed by atoms with Crippen LogP contribution in [0.1, 0.15) is 30.3 Å². The number of benzene rings is 2. The van der Waals surface area contributed by atoms with Crippen LogP contribution in [-0.4, -0.2) is 28.5 Å². The van der Waals surface area contributed by atoms with E-state index in [0.717, 1.165) is 40.6 Å². The van der Waals surface area contributed by atoms with Crippen molar-refractivity contribution in [2.24, 2.45) is 0 Å². The summed E-state index contributed by atoms with van der Waals surface area (Å²) in [6, 6.07) is 16.1. The highest BCUT2D eigenvalue weighted by Crippen LogP contribution is 2.23. The molecule has 2 unspecified atom stereocenters. The first-order valence-corrected chi connectivity index (χ1v) is 9.96. The van der Waals surface area contributed by atoms with Gasteiger partial charge >= 0.3 is 0 Å². The number of fused-ring (bicyclic) bond motifs is 1. The number of aryl methyl sites for hydroxylation is 1. The first-order chi connectivity index (χ1) is 13.2. The molecule has 6 nitrogen and oxygen atoms in total. The predicted molar refractivity (Wildman–Crippen MR) is 109 cm³/mol. The molecule has 27 heavy (non-hydrogen) atoms. The van der Waals surface area contributed by atoms with E-state index in [-0.39, 0.29) is 18.0 Å². The van der Waals surface area contributed by atoms with Gasteiger partial charge in [-0.05, 0) is 42.7 Å². The molecule has 2 heterocycles. The maximum Gasteiger partial charge on any atom is 0.238 e. The molecule has 3 aromatic rings. The van der Waals surface area contributed by atoms with Gasteiger partial charge in [0.25, 0.3) is 0 Å². The van der Waals surface area contributed by atoms with E-state index in [1.165, 1.54) is 5.56 Å². The van der Waals surface area contributed by atoms with Gasteiger partial charge in [0.1, 0.15) is 11.9 Å². The highest BCUT2D eigenvalue weighted by Gasteiger charge is 2.29. The van der Waals surface area contributed by atoms with Crippen LogP contribution in [0.15, 0.2) is 53.0 Å². The van der Waals surface area contributed by atoms with Crippen molar-refractivity contribution in [3.63, 3.8) is 0 Å². The number of halogens is 1. The normalized spacial score (nSPS) is 19.4. The van der Waals surface area contributed by atoms with Crippen LogP contribution in [0.2, 0.25) is 0 Å². The highest BCUT2D eigenvalue weighted by atomic mass is 79.9. The lowest BCUT2D eigenvalue weighted by molar-refractivity contribution is -0.122. The van der Waals surface area contributed by atoms with E-state index >= 15 is 0 Å². The standard InChI is InChI=1S/C20H22BrN5O/c21-14-9-7-13(8-10-14)17-12-18(26-25-17)20(27)22-11-3-6-19-23-15-4-1-2-5-16(15)24-19/h1-2,4-5,7-10,17-18,25-26H,3,6,11-12H2,(H,22,27)(H,23,24). The topological polar surface area (TPSA) is 81.8 Å². The van der Waals surface area contributed by atoms with Crippen LogP contribution in [0.3, 0.4) is 0 Å². The summed E-state index contributed by atoms with van der Waals surface area (Å²) in [6.45, 7) is 0.636. The number of rotatable bonds is 6. The highest BCUT2D eigenvalue weighted by molar-refractivity contribution is 9.10. The summed E-state index contributed by atoms with van der Waals surface area (Å²) in [5.74, 6) is 0.994. The van der Waals surface area contributed by atoms with Gasteiger partial charge in [-0.2, -0.15) is 0 Å². The Kier molecular flexibility index (Phi) is 5.52. The van der Waals surface area contributed by atoms with E-state index in [4.69, 9.17) is 0 Å². The Morgan fingerprint density at radius 1 is 1.15 bits per heavy atom. The van der Waals surface area contributed by atoms with E-state index in [9.17, 15) is 4.79 Å². The summed E-state index contributed by atoms with van der Waals surface area (Å²) in [6.07, 6.45) is 2.39. The Labute approximate surface area is 166 Å². The molecule has 1 fully saturated rings. The number of para-hydroxylation sites is 2. The van der Waals surface area contributed by atoms with Crippen molar-refractivity contribution in [3.8, 4) is 0 Å². The third-order valence-corrected chi connectivity index (χ3v) is 5.35. The molecular weight excluding hydrogens is 406 g/mol. The molecule has 0 bridgehead atoms. The van der Waals surface area contributed by atoms with Crippen molar-refractivity contribution >= 4 is 32.9 Å². The fourth-order valence-electron chi connectivity index (χ4n) is 3.36. The molecule has 1 aliphatic heterocycles. The summed E-state index contributed by atoms with van der Waals surface area (Å²) in [4.78, 5) is 20.3. The lowest BCUT2D eigenvalue weighted by atomic mass is 10.0.